The summed E-state index contributed by atoms with van der Waals surface area (Å²) >= 11 is 0. The minimum Gasteiger partial charge on any atom is -0.486 e. The van der Waals surface area contributed by atoms with Crippen LogP contribution in [0.1, 0.15) is 35.2 Å². The quantitative estimate of drug-likeness (QED) is 0.888. The molecule has 1 aromatic carbocycles. The van der Waals surface area contributed by atoms with Gasteiger partial charge in [0.15, 0.2) is 5.78 Å². The predicted molar refractivity (Wildman–Crippen MR) is 95.1 cm³/mol. The zero-order chi connectivity index (χ0) is 17.8. The van der Waals surface area contributed by atoms with Gasteiger partial charge in [-0.3, -0.25) is 13.8 Å². The average molecular weight is 361 g/mol. The van der Waals surface area contributed by atoms with Gasteiger partial charge in [0.2, 0.25) is 5.91 Å². The third-order valence-electron chi connectivity index (χ3n) is 5.88. The normalized spacial score (nSPS) is 33.4. The Morgan fingerprint density at radius 1 is 1.44 bits per heavy atom. The van der Waals surface area contributed by atoms with E-state index < -0.39 is 16.4 Å². The minimum absolute atomic E-state index is 0.0188. The summed E-state index contributed by atoms with van der Waals surface area (Å²) in [6.45, 7) is 2.40. The number of aryl methyl sites for hydroxylation is 1. The van der Waals surface area contributed by atoms with Crippen molar-refractivity contribution in [1.82, 2.24) is 5.32 Å². The van der Waals surface area contributed by atoms with Gasteiger partial charge in [-0.15, -0.1) is 0 Å². The lowest BCUT2D eigenvalue weighted by Gasteiger charge is -2.37. The summed E-state index contributed by atoms with van der Waals surface area (Å²) in [5, 5.41) is 2.89. The van der Waals surface area contributed by atoms with E-state index in [4.69, 9.17) is 4.74 Å². The molecule has 1 spiro atoms. The highest BCUT2D eigenvalue weighted by atomic mass is 32.2. The first-order valence-electron chi connectivity index (χ1n) is 8.82. The van der Waals surface area contributed by atoms with Gasteiger partial charge in [-0.1, -0.05) is 11.6 Å². The highest BCUT2D eigenvalue weighted by molar-refractivity contribution is 7.84. The topological polar surface area (TPSA) is 72.5 Å². The number of amides is 1. The summed E-state index contributed by atoms with van der Waals surface area (Å²) in [5.41, 5.74) is 1.20. The number of fused-ring (bicyclic) bond motifs is 3. The molecule has 25 heavy (non-hydrogen) atoms. The number of hydrogen-bond donors (Lipinski definition) is 1. The summed E-state index contributed by atoms with van der Waals surface area (Å²) in [6, 6.07) is 5.73. The molecule has 2 saturated carbocycles. The highest BCUT2D eigenvalue weighted by Gasteiger charge is 2.70. The molecule has 0 unspecified atom stereocenters. The van der Waals surface area contributed by atoms with Crippen LogP contribution in [-0.2, 0) is 15.6 Å². The van der Waals surface area contributed by atoms with Crippen LogP contribution in [0.3, 0.4) is 0 Å². The van der Waals surface area contributed by atoms with Gasteiger partial charge in [-0.05, 0) is 37.8 Å². The monoisotopic (exact) mass is 361 g/mol. The van der Waals surface area contributed by atoms with Crippen LogP contribution in [0.25, 0.3) is 0 Å². The molecule has 134 valence electrons. The second-order valence-electron chi connectivity index (χ2n) is 7.59. The van der Waals surface area contributed by atoms with E-state index in [1.54, 1.807) is 6.26 Å². The number of hydrogen-bond acceptors (Lipinski definition) is 4. The Morgan fingerprint density at radius 3 is 3.00 bits per heavy atom. The van der Waals surface area contributed by atoms with Crippen LogP contribution in [-0.4, -0.2) is 40.1 Å². The van der Waals surface area contributed by atoms with Crippen molar-refractivity contribution in [2.75, 3.05) is 18.6 Å². The third-order valence-corrected chi connectivity index (χ3v) is 6.66. The molecule has 5 atom stereocenters. The number of nitrogens with one attached hydrogen (secondary N) is 1. The molecule has 1 amide bonds. The fourth-order valence-electron chi connectivity index (χ4n) is 4.72. The molecule has 1 aliphatic heterocycles. The second kappa shape index (κ2) is 5.94. The molecule has 0 bridgehead atoms. The number of Topliss-reactive ketones (excluding diaryl/α,β-unsaturated/α-hetero) is 1. The van der Waals surface area contributed by atoms with Gasteiger partial charge in [0.1, 0.15) is 11.4 Å². The third kappa shape index (κ3) is 2.80. The Balaban J connectivity index is 1.49. The van der Waals surface area contributed by atoms with Crippen molar-refractivity contribution in [3.8, 4) is 5.75 Å². The molecule has 0 aromatic heterocycles. The van der Waals surface area contributed by atoms with Crippen LogP contribution in [0.5, 0.6) is 5.75 Å². The highest BCUT2D eigenvalue weighted by Crippen LogP contribution is 2.65. The van der Waals surface area contributed by atoms with E-state index >= 15 is 0 Å². The van der Waals surface area contributed by atoms with Crippen LogP contribution < -0.4 is 10.1 Å². The maximum atomic E-state index is 12.7. The average Bonchev–Trinajstić information content (AvgIpc) is 3.20. The first kappa shape index (κ1) is 16.8. The number of rotatable bonds is 4. The maximum absolute atomic E-state index is 12.7. The van der Waals surface area contributed by atoms with Crippen molar-refractivity contribution in [1.29, 1.82) is 0 Å². The van der Waals surface area contributed by atoms with Gasteiger partial charge in [-0.2, -0.15) is 0 Å². The van der Waals surface area contributed by atoms with Gasteiger partial charge < -0.3 is 10.1 Å². The van der Waals surface area contributed by atoms with E-state index in [1.807, 2.05) is 25.1 Å². The summed E-state index contributed by atoms with van der Waals surface area (Å²) < 4.78 is 17.5. The number of carbonyl (C=O) groups is 2. The molecule has 0 radical (unpaired) electrons. The Bertz CT molecular complexity index is 777. The molecule has 0 saturated heterocycles. The number of carbonyl (C=O) groups excluding carboxylic acids is 2. The number of benzene rings is 1. The zero-order valence-corrected chi connectivity index (χ0v) is 15.4. The van der Waals surface area contributed by atoms with Gasteiger partial charge in [0.05, 0.1) is 12.0 Å². The molecule has 2 aliphatic carbocycles. The van der Waals surface area contributed by atoms with E-state index in [2.05, 4.69) is 5.32 Å². The SMILES string of the molecule is Cc1ccc2c(c1)C(=O)C[C@@]1(CC[C@H]3[C@@H](C(=O)NCC[S@](C)=O)[C@@H]31)O2. The van der Waals surface area contributed by atoms with E-state index in [1.165, 1.54) is 0 Å². The molecule has 5 nitrogen and oxygen atoms in total. The van der Waals surface area contributed by atoms with E-state index in [-0.39, 0.29) is 23.5 Å². The predicted octanol–water partition coefficient (Wildman–Crippen LogP) is 1.85. The number of ether oxygens (including phenoxy) is 1. The van der Waals surface area contributed by atoms with Gasteiger partial charge >= 0.3 is 0 Å². The van der Waals surface area contributed by atoms with Crippen molar-refractivity contribution in [2.24, 2.45) is 17.8 Å². The van der Waals surface area contributed by atoms with Gasteiger partial charge in [-0.25, -0.2) is 0 Å². The first-order valence-corrected chi connectivity index (χ1v) is 10.5. The maximum Gasteiger partial charge on any atom is 0.223 e. The van der Waals surface area contributed by atoms with Crippen molar-refractivity contribution in [2.45, 2.75) is 31.8 Å². The van der Waals surface area contributed by atoms with E-state index in [9.17, 15) is 13.8 Å². The molecule has 1 aromatic rings. The lowest BCUT2D eigenvalue weighted by Crippen LogP contribution is -2.44. The standard InChI is InChI=1S/C19H23NO4S/c1-11-3-4-15-13(9-11)14(21)10-19(24-15)6-5-12-16(17(12)19)18(22)20-7-8-25(2)23/h3-4,9,12,16-17H,5-8,10H2,1-2H3,(H,20,22)/t12-,16+,17+,19+,25-/m0/s1. The summed E-state index contributed by atoms with van der Waals surface area (Å²) in [4.78, 5) is 25.1. The lowest BCUT2D eigenvalue weighted by atomic mass is 9.84. The molecule has 6 heteroatoms. The van der Waals surface area contributed by atoms with Crippen LogP contribution in [0.15, 0.2) is 18.2 Å². The summed E-state index contributed by atoms with van der Waals surface area (Å²) in [5.74, 6) is 1.64. The first-order chi connectivity index (χ1) is 11.9. The smallest absolute Gasteiger partial charge is 0.223 e. The van der Waals surface area contributed by atoms with Crippen molar-refractivity contribution in [3.63, 3.8) is 0 Å². The van der Waals surface area contributed by atoms with Crippen molar-refractivity contribution in [3.05, 3.63) is 29.3 Å². The Hall–Kier alpha value is -1.69. The molecule has 4 rings (SSSR count). The summed E-state index contributed by atoms with van der Waals surface area (Å²) in [6.07, 6.45) is 3.77. The van der Waals surface area contributed by atoms with Crippen LogP contribution in [0.2, 0.25) is 0 Å². The summed E-state index contributed by atoms with van der Waals surface area (Å²) in [7, 11) is -0.907. The number of ketones is 1. The Kier molecular flexibility index (Phi) is 3.98. The van der Waals surface area contributed by atoms with Crippen LogP contribution in [0.4, 0.5) is 0 Å². The van der Waals surface area contributed by atoms with E-state index in [0.717, 1.165) is 18.4 Å². The molecule has 1 heterocycles. The molecule has 1 N–H and O–H groups in total. The minimum atomic E-state index is -0.907. The molecule has 3 aliphatic rings. The van der Waals surface area contributed by atoms with Crippen molar-refractivity contribution >= 4 is 22.5 Å². The van der Waals surface area contributed by atoms with Crippen LogP contribution in [0, 0.1) is 24.7 Å². The largest absolute Gasteiger partial charge is 0.486 e. The molecular weight excluding hydrogens is 338 g/mol. The lowest BCUT2D eigenvalue weighted by molar-refractivity contribution is -0.124. The molecule has 2 fully saturated rings. The Labute approximate surface area is 150 Å². The Morgan fingerprint density at radius 2 is 2.24 bits per heavy atom. The van der Waals surface area contributed by atoms with Gasteiger partial charge in [0, 0.05) is 41.2 Å². The second-order valence-corrected chi connectivity index (χ2v) is 9.14. The van der Waals surface area contributed by atoms with E-state index in [0.29, 0.717) is 35.9 Å². The zero-order valence-electron chi connectivity index (χ0n) is 14.5. The molecular formula is C19H23NO4S. The fraction of sp³-hybridized carbons (Fsp3) is 0.579. The van der Waals surface area contributed by atoms with Gasteiger partial charge in [0.25, 0.3) is 0 Å². The fourth-order valence-corrected chi connectivity index (χ4v) is 5.11. The van der Waals surface area contributed by atoms with Crippen LogP contribution >= 0.6 is 0 Å². The van der Waals surface area contributed by atoms with Crippen molar-refractivity contribution < 1.29 is 18.5 Å².